The van der Waals surface area contributed by atoms with Crippen LogP contribution in [0.25, 0.3) is 0 Å². The lowest BCUT2D eigenvalue weighted by atomic mass is 10.2. The van der Waals surface area contributed by atoms with Gasteiger partial charge in [-0.15, -0.1) is 0 Å². The molecule has 1 fully saturated rings. The minimum absolute atomic E-state index is 0.687. The Labute approximate surface area is 124 Å². The molecular weight excluding hydrogens is 266 g/mol. The van der Waals surface area contributed by atoms with Crippen molar-refractivity contribution in [2.24, 2.45) is 0 Å². The minimum Gasteiger partial charge on any atom is -0.497 e. The lowest BCUT2D eigenvalue weighted by Crippen LogP contribution is -2.16. The molecule has 0 bridgehead atoms. The molecule has 5 heteroatoms. The molecule has 0 amide bonds. The molecule has 0 unspecified atom stereocenters. The number of ether oxygens (including phenoxy) is 1. The maximum Gasteiger partial charge on any atom is 0.156 e. The van der Waals surface area contributed by atoms with Crippen LogP contribution in [-0.2, 0) is 13.1 Å². The molecule has 1 heterocycles. The highest BCUT2D eigenvalue weighted by molar-refractivity contribution is 5.48. The van der Waals surface area contributed by atoms with E-state index in [4.69, 9.17) is 9.26 Å². The normalized spacial score (nSPS) is 14.2. The summed E-state index contributed by atoms with van der Waals surface area (Å²) in [6, 6.07) is 10.7. The van der Waals surface area contributed by atoms with Crippen molar-refractivity contribution in [2.75, 3.05) is 19.1 Å². The molecule has 112 valence electrons. The van der Waals surface area contributed by atoms with Crippen LogP contribution in [0, 0.1) is 0 Å². The monoisotopic (exact) mass is 287 g/mol. The fraction of sp³-hybridized carbons (Fsp3) is 0.438. The molecule has 0 spiro atoms. The third-order valence-corrected chi connectivity index (χ3v) is 3.66. The van der Waals surface area contributed by atoms with E-state index in [1.54, 1.807) is 7.11 Å². The van der Waals surface area contributed by atoms with Crippen LogP contribution < -0.4 is 15.0 Å². The Hall–Kier alpha value is -2.01. The van der Waals surface area contributed by atoms with Crippen molar-refractivity contribution < 1.29 is 9.26 Å². The highest BCUT2D eigenvalue weighted by Crippen LogP contribution is 2.21. The summed E-state index contributed by atoms with van der Waals surface area (Å²) < 4.78 is 10.6. The van der Waals surface area contributed by atoms with Gasteiger partial charge in [0.15, 0.2) is 5.76 Å². The zero-order valence-corrected chi connectivity index (χ0v) is 12.5. The van der Waals surface area contributed by atoms with Crippen molar-refractivity contribution in [3.8, 4) is 5.75 Å². The first kappa shape index (κ1) is 13.9. The molecule has 2 aromatic rings. The van der Waals surface area contributed by atoms with E-state index >= 15 is 0 Å². The van der Waals surface area contributed by atoms with Gasteiger partial charge in [0, 0.05) is 31.4 Å². The molecule has 1 aromatic carbocycles. The standard InChI is InChI=1S/C16H21N3O2/c1-19(14-5-7-15(20-2)8-6-14)11-16-9-13(18-21-16)10-17-12-3-4-12/h5-9,12,17H,3-4,10-11H2,1-2H3. The topological polar surface area (TPSA) is 50.5 Å². The van der Waals surface area contributed by atoms with E-state index in [0.717, 1.165) is 29.4 Å². The largest absolute Gasteiger partial charge is 0.497 e. The molecule has 1 aromatic heterocycles. The molecule has 1 aliphatic carbocycles. The van der Waals surface area contributed by atoms with E-state index < -0.39 is 0 Å². The molecule has 1 aliphatic rings. The van der Waals surface area contributed by atoms with Crippen molar-refractivity contribution in [3.63, 3.8) is 0 Å². The average molecular weight is 287 g/mol. The van der Waals surface area contributed by atoms with Gasteiger partial charge >= 0.3 is 0 Å². The number of anilines is 1. The fourth-order valence-corrected chi connectivity index (χ4v) is 2.21. The van der Waals surface area contributed by atoms with E-state index in [-0.39, 0.29) is 0 Å². The van der Waals surface area contributed by atoms with Gasteiger partial charge in [0.1, 0.15) is 5.75 Å². The summed E-state index contributed by atoms with van der Waals surface area (Å²) in [5.41, 5.74) is 2.09. The van der Waals surface area contributed by atoms with Crippen LogP contribution in [0.2, 0.25) is 0 Å². The molecule has 3 rings (SSSR count). The Bertz CT molecular complexity index is 575. The van der Waals surface area contributed by atoms with Gasteiger partial charge in [0.25, 0.3) is 0 Å². The average Bonchev–Trinajstić information content (AvgIpc) is 3.25. The van der Waals surface area contributed by atoms with Crippen LogP contribution in [0.4, 0.5) is 5.69 Å². The lowest BCUT2D eigenvalue weighted by molar-refractivity contribution is 0.375. The number of nitrogens with one attached hydrogen (secondary N) is 1. The lowest BCUT2D eigenvalue weighted by Gasteiger charge is -2.17. The van der Waals surface area contributed by atoms with Crippen LogP contribution in [0.5, 0.6) is 5.75 Å². The van der Waals surface area contributed by atoms with Crippen LogP contribution in [-0.4, -0.2) is 25.4 Å². The number of methoxy groups -OCH3 is 1. The van der Waals surface area contributed by atoms with Gasteiger partial charge in [-0.2, -0.15) is 0 Å². The zero-order valence-electron chi connectivity index (χ0n) is 12.5. The number of benzene rings is 1. The molecule has 0 saturated heterocycles. The van der Waals surface area contributed by atoms with Gasteiger partial charge in [-0.25, -0.2) is 0 Å². The van der Waals surface area contributed by atoms with Gasteiger partial charge in [-0.05, 0) is 37.1 Å². The molecule has 5 nitrogen and oxygen atoms in total. The summed E-state index contributed by atoms with van der Waals surface area (Å²) in [6.45, 7) is 1.49. The smallest absolute Gasteiger partial charge is 0.156 e. The van der Waals surface area contributed by atoms with Gasteiger partial charge < -0.3 is 19.5 Å². The predicted molar refractivity (Wildman–Crippen MR) is 81.5 cm³/mol. The fourth-order valence-electron chi connectivity index (χ4n) is 2.21. The molecule has 0 atom stereocenters. The minimum atomic E-state index is 0.687. The van der Waals surface area contributed by atoms with Gasteiger partial charge in [-0.1, -0.05) is 5.16 Å². The first-order valence-electron chi connectivity index (χ1n) is 7.27. The van der Waals surface area contributed by atoms with E-state index in [9.17, 15) is 0 Å². The summed E-state index contributed by atoms with van der Waals surface area (Å²) in [7, 11) is 3.71. The summed E-state index contributed by atoms with van der Waals surface area (Å²) in [4.78, 5) is 2.12. The van der Waals surface area contributed by atoms with E-state index in [1.165, 1.54) is 12.8 Å². The Kier molecular flexibility index (Phi) is 4.10. The Morgan fingerprint density at radius 2 is 2.10 bits per heavy atom. The third kappa shape index (κ3) is 3.76. The highest BCUT2D eigenvalue weighted by Gasteiger charge is 2.20. The zero-order chi connectivity index (χ0) is 14.7. The highest BCUT2D eigenvalue weighted by atomic mass is 16.5. The van der Waals surface area contributed by atoms with E-state index in [1.807, 2.05) is 37.4 Å². The molecule has 1 saturated carbocycles. The Morgan fingerprint density at radius 1 is 1.33 bits per heavy atom. The molecule has 0 radical (unpaired) electrons. The van der Waals surface area contributed by atoms with Crippen LogP contribution in [0.1, 0.15) is 24.3 Å². The van der Waals surface area contributed by atoms with E-state index in [0.29, 0.717) is 12.6 Å². The van der Waals surface area contributed by atoms with Crippen molar-refractivity contribution in [1.29, 1.82) is 0 Å². The maximum absolute atomic E-state index is 5.40. The number of aromatic nitrogens is 1. The Morgan fingerprint density at radius 3 is 2.76 bits per heavy atom. The first-order valence-corrected chi connectivity index (χ1v) is 7.27. The van der Waals surface area contributed by atoms with Crippen LogP contribution in [0.15, 0.2) is 34.9 Å². The van der Waals surface area contributed by atoms with Gasteiger partial charge in [-0.3, -0.25) is 0 Å². The van der Waals surface area contributed by atoms with Gasteiger partial charge in [0.05, 0.1) is 19.3 Å². The summed E-state index contributed by atoms with van der Waals surface area (Å²) in [5, 5.41) is 7.54. The van der Waals surface area contributed by atoms with Crippen molar-refractivity contribution in [3.05, 3.63) is 41.8 Å². The Balaban J connectivity index is 1.56. The number of rotatable bonds is 7. The van der Waals surface area contributed by atoms with Crippen LogP contribution in [0.3, 0.4) is 0 Å². The second-order valence-corrected chi connectivity index (χ2v) is 5.49. The predicted octanol–water partition coefficient (Wildman–Crippen LogP) is 2.57. The quantitative estimate of drug-likeness (QED) is 0.848. The van der Waals surface area contributed by atoms with Crippen molar-refractivity contribution in [2.45, 2.75) is 32.0 Å². The molecular formula is C16H21N3O2. The van der Waals surface area contributed by atoms with Crippen LogP contribution >= 0.6 is 0 Å². The molecule has 1 N–H and O–H groups in total. The number of nitrogens with zero attached hydrogens (tertiary/aromatic N) is 2. The molecule has 0 aliphatic heterocycles. The SMILES string of the molecule is COc1ccc(N(C)Cc2cc(CNC3CC3)no2)cc1. The summed E-state index contributed by atoms with van der Waals surface area (Å²) in [5.74, 6) is 1.74. The summed E-state index contributed by atoms with van der Waals surface area (Å²) in [6.07, 6.45) is 2.57. The first-order chi connectivity index (χ1) is 10.2. The number of hydrogen-bond acceptors (Lipinski definition) is 5. The molecule has 21 heavy (non-hydrogen) atoms. The number of hydrogen-bond donors (Lipinski definition) is 1. The second-order valence-electron chi connectivity index (χ2n) is 5.49. The third-order valence-electron chi connectivity index (χ3n) is 3.66. The second kappa shape index (κ2) is 6.18. The van der Waals surface area contributed by atoms with Gasteiger partial charge in [0.2, 0.25) is 0 Å². The maximum atomic E-state index is 5.40. The summed E-state index contributed by atoms with van der Waals surface area (Å²) >= 11 is 0. The van der Waals surface area contributed by atoms with Crippen molar-refractivity contribution in [1.82, 2.24) is 10.5 Å². The van der Waals surface area contributed by atoms with E-state index in [2.05, 4.69) is 15.4 Å². The van der Waals surface area contributed by atoms with Crippen molar-refractivity contribution >= 4 is 5.69 Å².